The average Bonchev–Trinajstić information content (AvgIpc) is 3.19. The van der Waals surface area contributed by atoms with E-state index in [4.69, 9.17) is 14.6 Å². The van der Waals surface area contributed by atoms with E-state index in [1.165, 1.54) is 4.31 Å². The fourth-order valence-corrected chi connectivity index (χ4v) is 5.48. The second kappa shape index (κ2) is 9.44. The molecule has 0 atom stereocenters. The third-order valence-corrected chi connectivity index (χ3v) is 7.87. The summed E-state index contributed by atoms with van der Waals surface area (Å²) in [6, 6.07) is 16.3. The molecule has 0 amide bonds. The van der Waals surface area contributed by atoms with E-state index < -0.39 is 10.0 Å². The van der Waals surface area contributed by atoms with E-state index in [0.717, 1.165) is 28.2 Å². The molecular formula is C25H28N4O4S. The van der Waals surface area contributed by atoms with E-state index in [-0.39, 0.29) is 4.90 Å². The van der Waals surface area contributed by atoms with Gasteiger partial charge in [0.15, 0.2) is 17.1 Å². The molecule has 0 aliphatic heterocycles. The van der Waals surface area contributed by atoms with Crippen LogP contribution in [0.5, 0.6) is 11.5 Å². The first-order valence-corrected chi connectivity index (χ1v) is 12.5. The van der Waals surface area contributed by atoms with E-state index in [1.807, 2.05) is 51.1 Å². The Bertz CT molecular complexity index is 1430. The summed E-state index contributed by atoms with van der Waals surface area (Å²) in [6.07, 6.45) is 0. The number of methoxy groups -OCH3 is 2. The number of fused-ring (bicyclic) bond motifs is 1. The van der Waals surface area contributed by atoms with E-state index in [1.54, 1.807) is 43.0 Å². The van der Waals surface area contributed by atoms with Crippen LogP contribution in [0.25, 0.3) is 28.2 Å². The zero-order chi connectivity index (χ0) is 24.5. The standard InChI is InChI=1S/C25H28N4O4S/c1-6-28(7-2)34(30,31)20-11-8-18(9-12-20)25-17(3)26-24-15-13-21(27-29(24)25)19-10-14-22(32-4)23(16-19)33-5/h8-16H,6-7H2,1-5H3. The molecule has 0 bridgehead atoms. The predicted octanol–water partition coefficient (Wildman–Crippen LogP) is 4.42. The van der Waals surface area contributed by atoms with Gasteiger partial charge in [-0.2, -0.15) is 9.40 Å². The summed E-state index contributed by atoms with van der Waals surface area (Å²) < 4.78 is 39.7. The van der Waals surface area contributed by atoms with E-state index >= 15 is 0 Å². The Morgan fingerprint density at radius 1 is 0.882 bits per heavy atom. The van der Waals surface area contributed by atoms with Crippen LogP contribution >= 0.6 is 0 Å². The van der Waals surface area contributed by atoms with Gasteiger partial charge < -0.3 is 9.47 Å². The van der Waals surface area contributed by atoms with Gasteiger partial charge in [0.05, 0.1) is 36.2 Å². The maximum absolute atomic E-state index is 12.8. The number of ether oxygens (including phenoxy) is 2. The molecule has 0 spiro atoms. The summed E-state index contributed by atoms with van der Waals surface area (Å²) in [5, 5.41) is 4.83. The van der Waals surface area contributed by atoms with Gasteiger partial charge in [-0.3, -0.25) is 0 Å². The van der Waals surface area contributed by atoms with Crippen molar-refractivity contribution in [2.75, 3.05) is 27.3 Å². The molecule has 0 aliphatic carbocycles. The number of aromatic nitrogens is 3. The Morgan fingerprint density at radius 3 is 2.15 bits per heavy atom. The maximum Gasteiger partial charge on any atom is 0.243 e. The molecule has 0 saturated heterocycles. The maximum atomic E-state index is 12.8. The van der Waals surface area contributed by atoms with Crippen LogP contribution in [0.3, 0.4) is 0 Å². The van der Waals surface area contributed by atoms with Crippen molar-refractivity contribution in [1.29, 1.82) is 0 Å². The third-order valence-electron chi connectivity index (χ3n) is 5.80. The normalized spacial score (nSPS) is 11.8. The zero-order valence-corrected chi connectivity index (χ0v) is 20.8. The molecule has 34 heavy (non-hydrogen) atoms. The lowest BCUT2D eigenvalue weighted by Crippen LogP contribution is -2.30. The topological polar surface area (TPSA) is 86.0 Å². The monoisotopic (exact) mass is 480 g/mol. The SMILES string of the molecule is CCN(CC)S(=O)(=O)c1ccc(-c2c(C)nc3ccc(-c4ccc(OC)c(OC)c4)nn23)cc1. The Labute approximate surface area is 199 Å². The minimum atomic E-state index is -3.52. The summed E-state index contributed by atoms with van der Waals surface area (Å²) in [6.45, 7) is 6.43. The first kappa shape index (κ1) is 23.7. The van der Waals surface area contributed by atoms with Crippen LogP contribution in [-0.4, -0.2) is 54.6 Å². The molecule has 0 fully saturated rings. The van der Waals surface area contributed by atoms with Gasteiger partial charge in [-0.05, 0) is 49.4 Å². The second-order valence-electron chi connectivity index (χ2n) is 7.72. The number of benzene rings is 2. The molecule has 9 heteroatoms. The smallest absolute Gasteiger partial charge is 0.243 e. The van der Waals surface area contributed by atoms with Crippen molar-refractivity contribution < 1.29 is 17.9 Å². The van der Waals surface area contributed by atoms with E-state index in [9.17, 15) is 8.42 Å². The predicted molar refractivity (Wildman–Crippen MR) is 132 cm³/mol. The van der Waals surface area contributed by atoms with Gasteiger partial charge in [0, 0.05) is 24.2 Å². The zero-order valence-electron chi connectivity index (χ0n) is 19.9. The largest absolute Gasteiger partial charge is 0.493 e. The highest BCUT2D eigenvalue weighted by molar-refractivity contribution is 7.89. The van der Waals surface area contributed by atoms with Gasteiger partial charge in [0.1, 0.15) is 0 Å². The molecule has 2 heterocycles. The minimum Gasteiger partial charge on any atom is -0.493 e. The molecule has 8 nitrogen and oxygen atoms in total. The van der Waals surface area contributed by atoms with Crippen LogP contribution in [-0.2, 0) is 10.0 Å². The summed E-state index contributed by atoms with van der Waals surface area (Å²) >= 11 is 0. The lowest BCUT2D eigenvalue weighted by molar-refractivity contribution is 0.355. The van der Waals surface area contributed by atoms with Crippen LogP contribution in [0.15, 0.2) is 59.5 Å². The highest BCUT2D eigenvalue weighted by Crippen LogP contribution is 2.32. The first-order chi connectivity index (χ1) is 16.3. The van der Waals surface area contributed by atoms with Gasteiger partial charge in [0.2, 0.25) is 10.0 Å². The molecule has 2 aromatic carbocycles. The molecule has 4 rings (SSSR count). The van der Waals surface area contributed by atoms with Crippen molar-refractivity contribution in [3.05, 3.63) is 60.3 Å². The molecule has 4 aromatic rings. The van der Waals surface area contributed by atoms with Crippen molar-refractivity contribution in [3.63, 3.8) is 0 Å². The fourth-order valence-electron chi connectivity index (χ4n) is 4.02. The quantitative estimate of drug-likeness (QED) is 0.371. The van der Waals surface area contributed by atoms with Crippen molar-refractivity contribution in [3.8, 4) is 34.0 Å². The molecular weight excluding hydrogens is 452 g/mol. The molecule has 0 N–H and O–H groups in total. The third kappa shape index (κ3) is 4.12. The van der Waals surface area contributed by atoms with Gasteiger partial charge in [-0.1, -0.05) is 26.0 Å². The highest BCUT2D eigenvalue weighted by Gasteiger charge is 2.22. The number of aryl methyl sites for hydroxylation is 1. The van der Waals surface area contributed by atoms with E-state index in [0.29, 0.717) is 30.2 Å². The van der Waals surface area contributed by atoms with E-state index in [2.05, 4.69) is 4.98 Å². The van der Waals surface area contributed by atoms with Gasteiger partial charge in [-0.25, -0.2) is 17.9 Å². The average molecular weight is 481 g/mol. The van der Waals surface area contributed by atoms with Crippen molar-refractivity contribution in [2.24, 2.45) is 0 Å². The Morgan fingerprint density at radius 2 is 1.53 bits per heavy atom. The number of hydrogen-bond donors (Lipinski definition) is 0. The number of rotatable bonds is 8. The van der Waals surface area contributed by atoms with Crippen LogP contribution in [0, 0.1) is 6.92 Å². The number of sulfonamides is 1. The van der Waals surface area contributed by atoms with Crippen LogP contribution in [0.2, 0.25) is 0 Å². The van der Waals surface area contributed by atoms with Gasteiger partial charge in [-0.15, -0.1) is 0 Å². The molecule has 0 aliphatic rings. The van der Waals surface area contributed by atoms with Crippen molar-refractivity contribution in [2.45, 2.75) is 25.7 Å². The summed E-state index contributed by atoms with van der Waals surface area (Å²) in [5.74, 6) is 1.26. The number of imidazole rings is 1. The Balaban J connectivity index is 1.78. The molecule has 178 valence electrons. The molecule has 0 unspecified atom stereocenters. The van der Waals surface area contributed by atoms with Crippen LogP contribution < -0.4 is 9.47 Å². The fraction of sp³-hybridized carbons (Fsp3) is 0.280. The number of hydrogen-bond acceptors (Lipinski definition) is 6. The van der Waals surface area contributed by atoms with Gasteiger partial charge in [0.25, 0.3) is 0 Å². The van der Waals surface area contributed by atoms with Gasteiger partial charge >= 0.3 is 0 Å². The Hall–Kier alpha value is -3.43. The summed E-state index contributed by atoms with van der Waals surface area (Å²) in [4.78, 5) is 4.91. The molecule has 0 radical (unpaired) electrons. The number of nitrogens with zero attached hydrogens (tertiary/aromatic N) is 4. The molecule has 0 saturated carbocycles. The lowest BCUT2D eigenvalue weighted by atomic mass is 10.1. The van der Waals surface area contributed by atoms with Crippen molar-refractivity contribution >= 4 is 15.7 Å². The summed E-state index contributed by atoms with van der Waals surface area (Å²) in [5.41, 5.74) is 4.77. The second-order valence-corrected chi connectivity index (χ2v) is 9.66. The van der Waals surface area contributed by atoms with Crippen LogP contribution in [0.1, 0.15) is 19.5 Å². The van der Waals surface area contributed by atoms with Crippen molar-refractivity contribution in [1.82, 2.24) is 18.9 Å². The molecule has 2 aromatic heterocycles. The highest BCUT2D eigenvalue weighted by atomic mass is 32.2. The summed E-state index contributed by atoms with van der Waals surface area (Å²) in [7, 11) is -0.326. The Kier molecular flexibility index (Phi) is 6.58. The van der Waals surface area contributed by atoms with Crippen LogP contribution in [0.4, 0.5) is 0 Å². The first-order valence-electron chi connectivity index (χ1n) is 11.0. The lowest BCUT2D eigenvalue weighted by Gasteiger charge is -2.18. The minimum absolute atomic E-state index is 0.269.